The number of phenolic OH excluding ortho intramolecular Hbond substituents is 1. The van der Waals surface area contributed by atoms with Crippen LogP contribution in [-0.2, 0) is 11.0 Å². The third kappa shape index (κ3) is 5.15. The van der Waals surface area contributed by atoms with Crippen LogP contribution in [0.5, 0.6) is 17.2 Å². The van der Waals surface area contributed by atoms with Crippen LogP contribution < -0.4 is 9.47 Å². The molecule has 3 N–H and O–H groups in total. The van der Waals surface area contributed by atoms with Gasteiger partial charge in [0.1, 0.15) is 11.4 Å². The minimum atomic E-state index is -5.08. The smallest absolute Gasteiger partial charge is 0.490 e. The van der Waals surface area contributed by atoms with E-state index in [1.807, 2.05) is 0 Å². The van der Waals surface area contributed by atoms with Crippen molar-refractivity contribution in [1.82, 2.24) is 15.2 Å². The summed E-state index contributed by atoms with van der Waals surface area (Å²) >= 11 is 0. The molecule has 0 radical (unpaired) electrons. The highest BCUT2D eigenvalue weighted by atomic mass is 19.4. The molecule has 0 saturated carbocycles. The highest BCUT2D eigenvalue weighted by Crippen LogP contribution is 2.43. The Kier molecular flexibility index (Phi) is 6.67. The monoisotopic (exact) mass is 503 g/mol. The van der Waals surface area contributed by atoms with Crippen molar-refractivity contribution >= 4 is 27.8 Å². The Balaban J connectivity index is 0.000000429. The number of phenols is 1. The molecule has 0 aliphatic heterocycles. The van der Waals surface area contributed by atoms with Gasteiger partial charge in [-0.3, -0.25) is 5.10 Å². The summed E-state index contributed by atoms with van der Waals surface area (Å²) in [5, 5.41) is 23.0. The third-order valence-corrected chi connectivity index (χ3v) is 4.68. The summed E-state index contributed by atoms with van der Waals surface area (Å²) < 4.78 is 82.8. The zero-order valence-corrected chi connectivity index (χ0v) is 17.7. The molecule has 0 spiro atoms. The van der Waals surface area contributed by atoms with Crippen molar-refractivity contribution in [3.05, 3.63) is 42.1 Å². The lowest BCUT2D eigenvalue weighted by atomic mass is 10.00. The van der Waals surface area contributed by atoms with E-state index in [1.165, 1.54) is 32.4 Å². The molecule has 2 aromatic heterocycles. The van der Waals surface area contributed by atoms with E-state index in [4.69, 9.17) is 19.4 Å². The quantitative estimate of drug-likeness (QED) is 0.331. The van der Waals surface area contributed by atoms with Gasteiger partial charge in [0.15, 0.2) is 17.1 Å². The third-order valence-electron chi connectivity index (χ3n) is 4.68. The Hall–Kier alpha value is -4.23. The molecular weight excluding hydrogens is 488 g/mol. The lowest BCUT2D eigenvalue weighted by Crippen LogP contribution is -2.21. The number of methoxy groups -OCH3 is 2. The van der Waals surface area contributed by atoms with Gasteiger partial charge in [-0.2, -0.15) is 31.4 Å². The minimum Gasteiger partial charge on any atom is -0.508 e. The highest BCUT2D eigenvalue weighted by molar-refractivity contribution is 6.12. The van der Waals surface area contributed by atoms with Crippen LogP contribution in [-0.4, -0.2) is 51.8 Å². The average molecular weight is 503 g/mol. The number of carboxylic acid groups (broad SMARTS) is 1. The largest absolute Gasteiger partial charge is 0.508 e. The number of hydrogen-bond donors (Lipinski definition) is 3. The summed E-state index contributed by atoms with van der Waals surface area (Å²) in [5.74, 6) is -2.05. The van der Waals surface area contributed by atoms with Crippen molar-refractivity contribution in [2.45, 2.75) is 12.4 Å². The summed E-state index contributed by atoms with van der Waals surface area (Å²) in [5.41, 5.74) is -0.0447. The molecule has 0 bridgehead atoms. The summed E-state index contributed by atoms with van der Waals surface area (Å²) in [7, 11) is 2.85. The lowest BCUT2D eigenvalue weighted by molar-refractivity contribution is -0.192. The molecule has 2 heterocycles. The molecule has 186 valence electrons. The molecule has 35 heavy (non-hydrogen) atoms. The van der Waals surface area contributed by atoms with Gasteiger partial charge >= 0.3 is 18.3 Å². The van der Waals surface area contributed by atoms with Crippen LogP contribution in [0.25, 0.3) is 33.1 Å². The first-order valence-corrected chi connectivity index (χ1v) is 9.38. The summed E-state index contributed by atoms with van der Waals surface area (Å²) in [6.45, 7) is 0. The maximum atomic E-state index is 13.5. The molecule has 4 rings (SSSR count). The number of aliphatic carboxylic acids is 1. The van der Waals surface area contributed by atoms with Crippen LogP contribution in [0.2, 0.25) is 0 Å². The number of carboxylic acids is 1. The van der Waals surface area contributed by atoms with Crippen LogP contribution in [0.4, 0.5) is 26.3 Å². The predicted molar refractivity (Wildman–Crippen MR) is 110 cm³/mol. The number of rotatable bonds is 3. The molecule has 2 aromatic carbocycles. The molecule has 0 fully saturated rings. The van der Waals surface area contributed by atoms with Crippen LogP contribution in [0.3, 0.4) is 0 Å². The number of aromatic amines is 1. The predicted octanol–water partition coefficient (Wildman–Crippen LogP) is 5.15. The fourth-order valence-electron chi connectivity index (χ4n) is 3.16. The van der Waals surface area contributed by atoms with Gasteiger partial charge in [0.05, 0.1) is 25.3 Å². The fraction of sp³-hybridized carbons (Fsp3) is 0.190. The van der Waals surface area contributed by atoms with E-state index >= 15 is 0 Å². The van der Waals surface area contributed by atoms with E-state index in [2.05, 4.69) is 15.2 Å². The number of nitrogens with one attached hydrogen (secondary N) is 1. The number of pyridine rings is 1. The van der Waals surface area contributed by atoms with Crippen molar-refractivity contribution < 1.29 is 50.8 Å². The second-order valence-corrected chi connectivity index (χ2v) is 6.86. The molecule has 0 atom stereocenters. The van der Waals surface area contributed by atoms with Crippen LogP contribution in [0, 0.1) is 0 Å². The van der Waals surface area contributed by atoms with Crippen molar-refractivity contribution in [3.63, 3.8) is 0 Å². The second kappa shape index (κ2) is 9.19. The lowest BCUT2D eigenvalue weighted by Gasteiger charge is -2.13. The summed E-state index contributed by atoms with van der Waals surface area (Å²) in [4.78, 5) is 13.2. The highest BCUT2D eigenvalue weighted by Gasteiger charge is 2.38. The number of hydrogen-bond acceptors (Lipinski definition) is 6. The Labute approximate surface area is 191 Å². The van der Waals surface area contributed by atoms with Gasteiger partial charge in [-0.05, 0) is 36.4 Å². The maximum absolute atomic E-state index is 13.5. The van der Waals surface area contributed by atoms with E-state index in [-0.39, 0.29) is 27.9 Å². The van der Waals surface area contributed by atoms with Crippen molar-refractivity contribution in [2.24, 2.45) is 0 Å². The molecule has 0 aliphatic rings. The Bertz CT molecular complexity index is 1380. The Morgan fingerprint density at radius 3 is 1.91 bits per heavy atom. The van der Waals surface area contributed by atoms with Gasteiger partial charge in [-0.25, -0.2) is 9.78 Å². The average Bonchev–Trinajstić information content (AvgIpc) is 3.23. The van der Waals surface area contributed by atoms with Gasteiger partial charge in [0.25, 0.3) is 0 Å². The normalized spacial score (nSPS) is 11.8. The number of carbonyl (C=O) groups is 1. The number of alkyl halides is 6. The van der Waals surface area contributed by atoms with E-state index in [9.17, 15) is 31.4 Å². The van der Waals surface area contributed by atoms with E-state index in [0.717, 1.165) is 0 Å². The number of aromatic nitrogens is 3. The first kappa shape index (κ1) is 25.4. The van der Waals surface area contributed by atoms with Gasteiger partial charge < -0.3 is 19.7 Å². The van der Waals surface area contributed by atoms with Gasteiger partial charge in [-0.1, -0.05) is 0 Å². The Morgan fingerprint density at radius 1 is 0.943 bits per heavy atom. The number of nitrogens with zero attached hydrogens (tertiary/aromatic N) is 2. The fourth-order valence-corrected chi connectivity index (χ4v) is 3.16. The van der Waals surface area contributed by atoms with Crippen molar-refractivity contribution in [2.75, 3.05) is 14.2 Å². The van der Waals surface area contributed by atoms with Crippen molar-refractivity contribution in [3.8, 4) is 28.5 Å². The maximum Gasteiger partial charge on any atom is 0.490 e. The number of H-pyrrole nitrogens is 1. The number of benzene rings is 2. The van der Waals surface area contributed by atoms with Crippen LogP contribution >= 0.6 is 0 Å². The van der Waals surface area contributed by atoms with Crippen LogP contribution in [0.15, 0.2) is 36.4 Å². The molecular formula is C21H15F6N3O5. The molecule has 0 aliphatic carbocycles. The number of ether oxygens (including phenoxy) is 2. The van der Waals surface area contributed by atoms with E-state index < -0.39 is 24.0 Å². The SMILES string of the molecule is COc1cc2c(-c3ccc(O)cc3)nc3n[nH]c(C(F)(F)F)c3c2cc1OC.O=C(O)C(F)(F)F. The molecule has 4 aromatic rings. The first-order chi connectivity index (χ1) is 16.3. The van der Waals surface area contributed by atoms with E-state index in [1.54, 1.807) is 18.2 Å². The van der Waals surface area contributed by atoms with Crippen molar-refractivity contribution in [1.29, 1.82) is 0 Å². The topological polar surface area (TPSA) is 118 Å². The molecule has 0 saturated heterocycles. The Morgan fingerprint density at radius 2 is 1.46 bits per heavy atom. The number of aromatic hydroxyl groups is 1. The second-order valence-electron chi connectivity index (χ2n) is 6.86. The summed E-state index contributed by atoms with van der Waals surface area (Å²) in [6, 6.07) is 9.25. The van der Waals surface area contributed by atoms with Crippen LogP contribution in [0.1, 0.15) is 5.69 Å². The molecule has 0 unspecified atom stereocenters. The number of halogens is 6. The first-order valence-electron chi connectivity index (χ1n) is 9.38. The number of fused-ring (bicyclic) bond motifs is 3. The molecule has 8 nitrogen and oxygen atoms in total. The standard InChI is InChI=1S/C19H14F3N3O3.C2HF3O2/c1-27-13-7-11-12(8-14(13)28-2)16(9-3-5-10(26)6-4-9)23-18-15(11)17(24-25-18)19(20,21)22;3-2(4,5)1(6)7/h3-8,26H,1-2H3,(H,23,24,25);(H,6,7). The van der Waals surface area contributed by atoms with E-state index in [0.29, 0.717) is 22.4 Å². The van der Waals surface area contributed by atoms with Gasteiger partial charge in [0.2, 0.25) is 0 Å². The van der Waals surface area contributed by atoms with Gasteiger partial charge in [-0.15, -0.1) is 0 Å². The molecule has 0 amide bonds. The zero-order valence-electron chi connectivity index (χ0n) is 17.7. The minimum absolute atomic E-state index is 0.0625. The summed E-state index contributed by atoms with van der Waals surface area (Å²) in [6.07, 6.45) is -9.71. The van der Waals surface area contributed by atoms with Gasteiger partial charge in [0, 0.05) is 16.3 Å². The molecule has 14 heteroatoms. The zero-order chi connectivity index (χ0) is 26.1.